The molecule has 2 aromatic heterocycles. The van der Waals surface area contributed by atoms with Crippen LogP contribution in [0.3, 0.4) is 0 Å². The average molecular weight is 206 g/mol. The van der Waals surface area contributed by atoms with E-state index in [0.29, 0.717) is 0 Å². The molecule has 5 heteroatoms. The Morgan fingerprint density at radius 2 is 2.40 bits per heavy atom. The zero-order valence-corrected chi connectivity index (χ0v) is 8.77. The van der Waals surface area contributed by atoms with E-state index in [1.54, 1.807) is 12.5 Å². The minimum Gasteiger partial charge on any atom is -0.467 e. The summed E-state index contributed by atoms with van der Waals surface area (Å²) in [6.45, 7) is 2.00. The SMILES string of the molecule is Cc1c(C(NN)c2ccco2)cnn1C. The molecule has 15 heavy (non-hydrogen) atoms. The molecule has 0 spiro atoms. The van der Waals surface area contributed by atoms with E-state index in [1.165, 1.54) is 0 Å². The lowest BCUT2D eigenvalue weighted by Crippen LogP contribution is -2.28. The van der Waals surface area contributed by atoms with Crippen LogP contribution in [0, 0.1) is 6.92 Å². The number of aryl methyl sites for hydroxylation is 1. The predicted octanol–water partition coefficient (Wildman–Crippen LogP) is 0.874. The molecule has 80 valence electrons. The molecule has 0 radical (unpaired) electrons. The van der Waals surface area contributed by atoms with Crippen LogP contribution in [0.25, 0.3) is 0 Å². The Labute approximate surface area is 87.8 Å². The molecule has 0 aromatic carbocycles. The lowest BCUT2D eigenvalue weighted by Gasteiger charge is -2.12. The summed E-state index contributed by atoms with van der Waals surface area (Å²) in [5.74, 6) is 6.31. The summed E-state index contributed by atoms with van der Waals surface area (Å²) < 4.78 is 7.13. The van der Waals surface area contributed by atoms with Gasteiger partial charge in [0.1, 0.15) is 11.8 Å². The van der Waals surface area contributed by atoms with Gasteiger partial charge in [-0.05, 0) is 19.1 Å². The van der Waals surface area contributed by atoms with Gasteiger partial charge in [-0.25, -0.2) is 5.43 Å². The Morgan fingerprint density at radius 3 is 2.87 bits per heavy atom. The van der Waals surface area contributed by atoms with Gasteiger partial charge in [0, 0.05) is 18.3 Å². The van der Waals surface area contributed by atoms with Crippen molar-refractivity contribution < 1.29 is 4.42 Å². The first-order valence-electron chi connectivity index (χ1n) is 4.72. The Kier molecular flexibility index (Phi) is 2.57. The van der Waals surface area contributed by atoms with Crippen LogP contribution in [0.4, 0.5) is 0 Å². The molecule has 1 unspecified atom stereocenters. The summed E-state index contributed by atoms with van der Waals surface area (Å²) in [7, 11) is 1.90. The summed E-state index contributed by atoms with van der Waals surface area (Å²) in [5.41, 5.74) is 4.82. The number of hydrazine groups is 1. The fourth-order valence-electron chi connectivity index (χ4n) is 1.58. The van der Waals surface area contributed by atoms with E-state index in [0.717, 1.165) is 17.0 Å². The maximum Gasteiger partial charge on any atom is 0.126 e. The van der Waals surface area contributed by atoms with Gasteiger partial charge in [-0.1, -0.05) is 0 Å². The van der Waals surface area contributed by atoms with Crippen molar-refractivity contribution >= 4 is 0 Å². The minimum absolute atomic E-state index is 0.145. The largest absolute Gasteiger partial charge is 0.467 e. The molecule has 0 aliphatic carbocycles. The van der Waals surface area contributed by atoms with Crippen molar-refractivity contribution in [3.8, 4) is 0 Å². The van der Waals surface area contributed by atoms with Crippen LogP contribution >= 0.6 is 0 Å². The normalized spacial score (nSPS) is 13.0. The maximum atomic E-state index is 5.53. The molecule has 2 aromatic rings. The van der Waals surface area contributed by atoms with Gasteiger partial charge in [0.25, 0.3) is 0 Å². The van der Waals surface area contributed by atoms with E-state index < -0.39 is 0 Å². The highest BCUT2D eigenvalue weighted by Crippen LogP contribution is 2.23. The molecule has 5 nitrogen and oxygen atoms in total. The number of hydrogen-bond donors (Lipinski definition) is 2. The number of nitrogens with two attached hydrogens (primary N) is 1. The van der Waals surface area contributed by atoms with Crippen LogP contribution in [0.15, 0.2) is 29.0 Å². The number of nitrogens with one attached hydrogen (secondary N) is 1. The first kappa shape index (κ1) is 9.95. The Balaban J connectivity index is 2.40. The van der Waals surface area contributed by atoms with Crippen LogP contribution in [0.2, 0.25) is 0 Å². The van der Waals surface area contributed by atoms with Gasteiger partial charge >= 0.3 is 0 Å². The van der Waals surface area contributed by atoms with Crippen LogP contribution in [-0.2, 0) is 7.05 Å². The first-order chi connectivity index (χ1) is 7.24. The van der Waals surface area contributed by atoms with Crippen molar-refractivity contribution in [2.45, 2.75) is 13.0 Å². The van der Waals surface area contributed by atoms with E-state index in [-0.39, 0.29) is 6.04 Å². The van der Waals surface area contributed by atoms with Crippen molar-refractivity contribution in [3.05, 3.63) is 41.6 Å². The summed E-state index contributed by atoms with van der Waals surface area (Å²) in [6.07, 6.45) is 3.42. The fraction of sp³-hybridized carbons (Fsp3) is 0.300. The van der Waals surface area contributed by atoms with Crippen molar-refractivity contribution in [2.75, 3.05) is 0 Å². The second-order valence-electron chi connectivity index (χ2n) is 3.42. The van der Waals surface area contributed by atoms with E-state index in [1.807, 2.05) is 30.8 Å². The monoisotopic (exact) mass is 206 g/mol. The van der Waals surface area contributed by atoms with Crippen LogP contribution in [-0.4, -0.2) is 9.78 Å². The lowest BCUT2D eigenvalue weighted by molar-refractivity contribution is 0.451. The molecule has 0 fully saturated rings. The molecule has 2 rings (SSSR count). The van der Waals surface area contributed by atoms with Gasteiger partial charge in [-0.3, -0.25) is 10.5 Å². The minimum atomic E-state index is -0.145. The number of hydrogen-bond acceptors (Lipinski definition) is 4. The van der Waals surface area contributed by atoms with Gasteiger partial charge in [0.15, 0.2) is 0 Å². The average Bonchev–Trinajstić information content (AvgIpc) is 2.84. The summed E-state index contributed by atoms with van der Waals surface area (Å²) in [6, 6.07) is 3.58. The van der Waals surface area contributed by atoms with E-state index in [2.05, 4.69) is 10.5 Å². The van der Waals surface area contributed by atoms with Gasteiger partial charge in [0.05, 0.1) is 12.5 Å². The zero-order valence-electron chi connectivity index (χ0n) is 8.77. The number of nitrogens with zero attached hydrogens (tertiary/aromatic N) is 2. The number of furan rings is 1. The Hall–Kier alpha value is -1.59. The molecule has 0 aliphatic rings. The molecule has 0 aliphatic heterocycles. The van der Waals surface area contributed by atoms with Crippen molar-refractivity contribution in [1.29, 1.82) is 0 Å². The predicted molar refractivity (Wildman–Crippen MR) is 55.8 cm³/mol. The van der Waals surface area contributed by atoms with Gasteiger partial charge < -0.3 is 4.42 Å². The number of rotatable bonds is 3. The maximum absolute atomic E-state index is 5.53. The summed E-state index contributed by atoms with van der Waals surface area (Å²) >= 11 is 0. The molecule has 0 saturated heterocycles. The third-order valence-electron chi connectivity index (χ3n) is 2.58. The third kappa shape index (κ3) is 1.67. The third-order valence-corrected chi connectivity index (χ3v) is 2.58. The van der Waals surface area contributed by atoms with Crippen molar-refractivity contribution in [1.82, 2.24) is 15.2 Å². The Bertz CT molecular complexity index is 432. The summed E-state index contributed by atoms with van der Waals surface area (Å²) in [5, 5.41) is 4.17. The van der Waals surface area contributed by atoms with E-state index in [4.69, 9.17) is 10.3 Å². The quantitative estimate of drug-likeness (QED) is 0.577. The molecule has 3 N–H and O–H groups in total. The van der Waals surface area contributed by atoms with Crippen molar-refractivity contribution in [3.63, 3.8) is 0 Å². The zero-order chi connectivity index (χ0) is 10.8. The van der Waals surface area contributed by atoms with Crippen molar-refractivity contribution in [2.24, 2.45) is 12.9 Å². The second-order valence-corrected chi connectivity index (χ2v) is 3.42. The lowest BCUT2D eigenvalue weighted by atomic mass is 10.1. The Morgan fingerprint density at radius 1 is 1.60 bits per heavy atom. The van der Waals surface area contributed by atoms with Gasteiger partial charge in [-0.2, -0.15) is 5.10 Å². The van der Waals surface area contributed by atoms with Crippen LogP contribution in [0.1, 0.15) is 23.1 Å². The highest BCUT2D eigenvalue weighted by molar-refractivity contribution is 5.27. The molecule has 0 saturated carbocycles. The molecule has 2 heterocycles. The molecule has 0 bridgehead atoms. The van der Waals surface area contributed by atoms with E-state index >= 15 is 0 Å². The van der Waals surface area contributed by atoms with Gasteiger partial charge in [-0.15, -0.1) is 0 Å². The number of aromatic nitrogens is 2. The van der Waals surface area contributed by atoms with E-state index in [9.17, 15) is 0 Å². The highest BCUT2D eigenvalue weighted by Gasteiger charge is 2.19. The summed E-state index contributed by atoms with van der Waals surface area (Å²) in [4.78, 5) is 0. The second kappa shape index (κ2) is 3.88. The molecular formula is C10H14N4O. The topological polar surface area (TPSA) is 69.0 Å². The van der Waals surface area contributed by atoms with Crippen LogP contribution < -0.4 is 11.3 Å². The van der Waals surface area contributed by atoms with Gasteiger partial charge in [0.2, 0.25) is 0 Å². The first-order valence-corrected chi connectivity index (χ1v) is 4.72. The standard InChI is InChI=1S/C10H14N4O/c1-7-8(6-12-14(7)2)10(13-11)9-4-3-5-15-9/h3-6,10,13H,11H2,1-2H3. The highest BCUT2D eigenvalue weighted by atomic mass is 16.3. The van der Waals surface area contributed by atoms with Crippen LogP contribution in [0.5, 0.6) is 0 Å². The molecule has 1 atom stereocenters. The molecular weight excluding hydrogens is 192 g/mol. The molecule has 0 amide bonds. The fourth-order valence-corrected chi connectivity index (χ4v) is 1.58. The smallest absolute Gasteiger partial charge is 0.126 e.